The molecule has 1 aliphatic rings. The summed E-state index contributed by atoms with van der Waals surface area (Å²) in [6.07, 6.45) is 3.57. The maximum Gasteiger partial charge on any atom is 0.189 e. The maximum absolute atomic E-state index is 12.7. The van der Waals surface area contributed by atoms with Crippen LogP contribution in [0.2, 0.25) is 0 Å². The molecule has 0 spiro atoms. The van der Waals surface area contributed by atoms with Crippen LogP contribution >= 0.6 is 0 Å². The number of fused-ring (bicyclic) bond motifs is 1. The standard InChI is InChI=1S/C20H20O3/c1-3-23-18-10-6-8-16(20(18)22-2)13-15-12-11-14-7-4-5-9-17(14)19(15)21/h4-10,13H,3,11-12H2,1-2H3. The highest BCUT2D eigenvalue weighted by molar-refractivity contribution is 6.13. The molecule has 3 nitrogen and oxygen atoms in total. The van der Waals surface area contributed by atoms with E-state index in [4.69, 9.17) is 9.47 Å². The predicted octanol–water partition coefficient (Wildman–Crippen LogP) is 4.31. The quantitative estimate of drug-likeness (QED) is 0.790. The van der Waals surface area contributed by atoms with Gasteiger partial charge in [0.1, 0.15) is 0 Å². The SMILES string of the molecule is CCOc1cccc(C=C2CCc3ccccc3C2=O)c1OC. The zero-order chi connectivity index (χ0) is 16.2. The van der Waals surface area contributed by atoms with E-state index < -0.39 is 0 Å². The van der Waals surface area contributed by atoms with E-state index in [1.807, 2.05) is 55.5 Å². The minimum absolute atomic E-state index is 0.107. The molecule has 0 bridgehead atoms. The summed E-state index contributed by atoms with van der Waals surface area (Å²) < 4.78 is 11.1. The molecule has 0 heterocycles. The molecule has 0 saturated heterocycles. The van der Waals surface area contributed by atoms with Crippen LogP contribution in [-0.2, 0) is 6.42 Å². The number of Topliss-reactive ketones (excluding diaryl/α,β-unsaturated/α-hetero) is 1. The molecule has 0 unspecified atom stereocenters. The van der Waals surface area contributed by atoms with E-state index in [1.54, 1.807) is 7.11 Å². The van der Waals surface area contributed by atoms with Crippen LogP contribution in [0.3, 0.4) is 0 Å². The van der Waals surface area contributed by atoms with Crippen molar-refractivity contribution in [3.63, 3.8) is 0 Å². The highest BCUT2D eigenvalue weighted by Gasteiger charge is 2.22. The van der Waals surface area contributed by atoms with Crippen LogP contribution in [0.1, 0.15) is 34.8 Å². The molecule has 0 amide bonds. The normalized spacial score (nSPS) is 15.4. The Morgan fingerprint density at radius 1 is 1.09 bits per heavy atom. The summed E-state index contributed by atoms with van der Waals surface area (Å²) in [7, 11) is 1.62. The summed E-state index contributed by atoms with van der Waals surface area (Å²) in [5, 5.41) is 0. The fourth-order valence-electron chi connectivity index (χ4n) is 2.98. The molecule has 0 aromatic heterocycles. The van der Waals surface area contributed by atoms with Gasteiger partial charge in [0.25, 0.3) is 0 Å². The molecule has 3 rings (SSSR count). The summed E-state index contributed by atoms with van der Waals surface area (Å²) in [4.78, 5) is 12.7. The van der Waals surface area contributed by atoms with E-state index in [-0.39, 0.29) is 5.78 Å². The first-order valence-corrected chi connectivity index (χ1v) is 7.87. The molecule has 0 saturated carbocycles. The Morgan fingerprint density at radius 3 is 2.70 bits per heavy atom. The van der Waals surface area contributed by atoms with Crippen molar-refractivity contribution in [2.75, 3.05) is 13.7 Å². The van der Waals surface area contributed by atoms with Gasteiger partial charge in [-0.3, -0.25) is 4.79 Å². The number of ether oxygens (including phenoxy) is 2. The van der Waals surface area contributed by atoms with Gasteiger partial charge in [-0.05, 0) is 37.5 Å². The van der Waals surface area contributed by atoms with Gasteiger partial charge in [-0.15, -0.1) is 0 Å². The van der Waals surface area contributed by atoms with Gasteiger partial charge in [0.2, 0.25) is 0 Å². The monoisotopic (exact) mass is 308 g/mol. The van der Waals surface area contributed by atoms with Crippen molar-refractivity contribution >= 4 is 11.9 Å². The van der Waals surface area contributed by atoms with Gasteiger partial charge in [-0.1, -0.05) is 36.4 Å². The van der Waals surface area contributed by atoms with Crippen molar-refractivity contribution in [1.29, 1.82) is 0 Å². The number of rotatable bonds is 4. The lowest BCUT2D eigenvalue weighted by Crippen LogP contribution is -2.13. The van der Waals surface area contributed by atoms with Crippen molar-refractivity contribution in [2.24, 2.45) is 0 Å². The number of methoxy groups -OCH3 is 1. The van der Waals surface area contributed by atoms with Gasteiger partial charge in [-0.25, -0.2) is 0 Å². The molecule has 0 atom stereocenters. The second kappa shape index (κ2) is 6.69. The Kier molecular flexibility index (Phi) is 4.47. The number of carbonyl (C=O) groups excluding carboxylic acids is 1. The number of benzene rings is 2. The Labute approximate surface area is 136 Å². The maximum atomic E-state index is 12.7. The van der Waals surface area contributed by atoms with Crippen LogP contribution in [0.4, 0.5) is 0 Å². The summed E-state index contributed by atoms with van der Waals surface area (Å²) in [5.41, 5.74) is 3.63. The van der Waals surface area contributed by atoms with Gasteiger partial charge >= 0.3 is 0 Å². The molecule has 0 fully saturated rings. The number of hydrogen-bond donors (Lipinski definition) is 0. The molecular formula is C20H20O3. The van der Waals surface area contributed by atoms with Crippen LogP contribution in [0.5, 0.6) is 11.5 Å². The molecule has 0 N–H and O–H groups in total. The Bertz CT molecular complexity index is 759. The molecule has 1 aliphatic carbocycles. The molecular weight excluding hydrogens is 288 g/mol. The number of ketones is 1. The first kappa shape index (κ1) is 15.3. The van der Waals surface area contributed by atoms with Crippen LogP contribution in [0.15, 0.2) is 48.0 Å². The van der Waals surface area contributed by atoms with Crippen molar-refractivity contribution in [3.05, 3.63) is 64.7 Å². The number of hydrogen-bond acceptors (Lipinski definition) is 3. The fourth-order valence-corrected chi connectivity index (χ4v) is 2.98. The third-order valence-corrected chi connectivity index (χ3v) is 4.06. The van der Waals surface area contributed by atoms with Crippen molar-refractivity contribution in [1.82, 2.24) is 0 Å². The van der Waals surface area contributed by atoms with E-state index in [2.05, 4.69) is 0 Å². The Balaban J connectivity index is 2.00. The summed E-state index contributed by atoms with van der Waals surface area (Å²) in [6.45, 7) is 2.51. The number of para-hydroxylation sites is 1. The first-order chi connectivity index (χ1) is 11.2. The van der Waals surface area contributed by atoms with Gasteiger partial charge in [0.05, 0.1) is 13.7 Å². The number of allylic oxidation sites excluding steroid dienone is 1. The van der Waals surface area contributed by atoms with Crippen molar-refractivity contribution in [2.45, 2.75) is 19.8 Å². The number of carbonyl (C=O) groups is 1. The second-order valence-corrected chi connectivity index (χ2v) is 5.47. The van der Waals surface area contributed by atoms with E-state index >= 15 is 0 Å². The Morgan fingerprint density at radius 2 is 1.91 bits per heavy atom. The number of aryl methyl sites for hydroxylation is 1. The van der Waals surface area contributed by atoms with Crippen LogP contribution in [0, 0.1) is 0 Å². The lowest BCUT2D eigenvalue weighted by atomic mass is 9.86. The zero-order valence-electron chi connectivity index (χ0n) is 13.5. The highest BCUT2D eigenvalue weighted by atomic mass is 16.5. The summed E-state index contributed by atoms with van der Waals surface area (Å²) >= 11 is 0. The largest absolute Gasteiger partial charge is 0.492 e. The molecule has 0 radical (unpaired) electrons. The van der Waals surface area contributed by atoms with E-state index in [0.29, 0.717) is 18.1 Å². The lowest BCUT2D eigenvalue weighted by molar-refractivity contribution is 0.102. The fraction of sp³-hybridized carbons (Fsp3) is 0.250. The summed E-state index contributed by atoms with van der Waals surface area (Å²) in [6, 6.07) is 13.6. The third-order valence-electron chi connectivity index (χ3n) is 4.06. The van der Waals surface area contributed by atoms with E-state index in [0.717, 1.165) is 35.1 Å². The smallest absolute Gasteiger partial charge is 0.189 e. The zero-order valence-corrected chi connectivity index (χ0v) is 13.5. The summed E-state index contributed by atoms with van der Waals surface area (Å²) in [5.74, 6) is 1.48. The Hall–Kier alpha value is -2.55. The van der Waals surface area contributed by atoms with E-state index in [9.17, 15) is 4.79 Å². The minimum atomic E-state index is 0.107. The van der Waals surface area contributed by atoms with Crippen molar-refractivity contribution in [3.8, 4) is 11.5 Å². The average molecular weight is 308 g/mol. The molecule has 23 heavy (non-hydrogen) atoms. The third kappa shape index (κ3) is 3.00. The second-order valence-electron chi connectivity index (χ2n) is 5.47. The van der Waals surface area contributed by atoms with Crippen LogP contribution in [-0.4, -0.2) is 19.5 Å². The predicted molar refractivity (Wildman–Crippen MR) is 91.2 cm³/mol. The molecule has 118 valence electrons. The van der Waals surface area contributed by atoms with Crippen LogP contribution < -0.4 is 9.47 Å². The minimum Gasteiger partial charge on any atom is -0.492 e. The highest BCUT2D eigenvalue weighted by Crippen LogP contribution is 2.34. The average Bonchev–Trinajstić information content (AvgIpc) is 2.58. The molecule has 0 aliphatic heterocycles. The van der Waals surface area contributed by atoms with Gasteiger partial charge < -0.3 is 9.47 Å². The molecule has 2 aromatic carbocycles. The van der Waals surface area contributed by atoms with Gasteiger partial charge in [0.15, 0.2) is 17.3 Å². The lowest BCUT2D eigenvalue weighted by Gasteiger charge is -2.18. The van der Waals surface area contributed by atoms with Crippen molar-refractivity contribution < 1.29 is 14.3 Å². The first-order valence-electron chi connectivity index (χ1n) is 7.87. The van der Waals surface area contributed by atoms with Gasteiger partial charge in [-0.2, -0.15) is 0 Å². The topological polar surface area (TPSA) is 35.5 Å². The van der Waals surface area contributed by atoms with Crippen LogP contribution in [0.25, 0.3) is 6.08 Å². The van der Waals surface area contributed by atoms with Gasteiger partial charge in [0, 0.05) is 16.7 Å². The molecule has 3 heteroatoms. The van der Waals surface area contributed by atoms with E-state index in [1.165, 1.54) is 0 Å². The molecule has 2 aromatic rings.